The van der Waals surface area contributed by atoms with Crippen molar-refractivity contribution in [2.75, 3.05) is 6.61 Å². The molecule has 0 amide bonds. The van der Waals surface area contributed by atoms with Crippen LogP contribution in [-0.4, -0.2) is 27.4 Å². The van der Waals surface area contributed by atoms with Crippen LogP contribution in [0, 0.1) is 12.8 Å². The topological polar surface area (TPSA) is 84.3 Å². The van der Waals surface area contributed by atoms with Crippen LogP contribution in [0.25, 0.3) is 0 Å². The molecule has 0 radical (unpaired) electrons. The van der Waals surface area contributed by atoms with E-state index in [2.05, 4.69) is 4.98 Å². The lowest BCUT2D eigenvalue weighted by molar-refractivity contribution is -0.0313. The molecule has 0 spiro atoms. The first kappa shape index (κ1) is 12.1. The molecule has 6 nitrogen and oxygen atoms in total. The summed E-state index contributed by atoms with van der Waals surface area (Å²) in [5.41, 5.74) is -0.388. The average Bonchev–Trinajstić information content (AvgIpc) is 2.65. The van der Waals surface area contributed by atoms with Crippen LogP contribution in [0.3, 0.4) is 0 Å². The third-order valence-corrected chi connectivity index (χ3v) is 3.18. The Balaban J connectivity index is 2.34. The summed E-state index contributed by atoms with van der Waals surface area (Å²) < 4.78 is 6.95. The SMILES string of the molecule is Cc1cn([C@@H]2CC(C)[C@H](CO)O2)c(=O)[nH]c1=O. The summed E-state index contributed by atoms with van der Waals surface area (Å²) in [6.07, 6.45) is 1.49. The van der Waals surface area contributed by atoms with E-state index in [4.69, 9.17) is 9.84 Å². The molecule has 17 heavy (non-hydrogen) atoms. The normalized spacial score (nSPS) is 28.5. The molecule has 1 aromatic rings. The maximum Gasteiger partial charge on any atom is 0.330 e. The van der Waals surface area contributed by atoms with Crippen LogP contribution in [0.2, 0.25) is 0 Å². The predicted molar refractivity (Wildman–Crippen MR) is 60.8 cm³/mol. The molecule has 1 aliphatic heterocycles. The molecular weight excluding hydrogens is 224 g/mol. The molecule has 1 saturated heterocycles. The Morgan fingerprint density at radius 1 is 1.59 bits per heavy atom. The second-order valence-electron chi connectivity index (χ2n) is 4.50. The van der Waals surface area contributed by atoms with Gasteiger partial charge in [-0.3, -0.25) is 14.3 Å². The zero-order chi connectivity index (χ0) is 12.6. The Hall–Kier alpha value is -1.40. The lowest BCUT2D eigenvalue weighted by atomic mass is 10.0. The van der Waals surface area contributed by atoms with E-state index in [-0.39, 0.29) is 24.2 Å². The van der Waals surface area contributed by atoms with Crippen LogP contribution in [0.5, 0.6) is 0 Å². The minimum Gasteiger partial charge on any atom is -0.394 e. The average molecular weight is 240 g/mol. The van der Waals surface area contributed by atoms with Crippen LogP contribution >= 0.6 is 0 Å². The van der Waals surface area contributed by atoms with Gasteiger partial charge in [0.2, 0.25) is 0 Å². The number of H-pyrrole nitrogens is 1. The molecule has 2 rings (SSSR count). The molecule has 0 aromatic carbocycles. The summed E-state index contributed by atoms with van der Waals surface area (Å²) in [5.74, 6) is 0.184. The zero-order valence-electron chi connectivity index (χ0n) is 9.84. The van der Waals surface area contributed by atoms with E-state index in [1.165, 1.54) is 10.8 Å². The number of ether oxygens (including phenoxy) is 1. The lowest BCUT2D eigenvalue weighted by Gasteiger charge is -2.14. The molecule has 0 saturated carbocycles. The van der Waals surface area contributed by atoms with E-state index >= 15 is 0 Å². The number of nitrogens with one attached hydrogen (secondary N) is 1. The van der Waals surface area contributed by atoms with Crippen molar-refractivity contribution in [2.24, 2.45) is 5.92 Å². The first-order valence-electron chi connectivity index (χ1n) is 5.61. The van der Waals surface area contributed by atoms with Gasteiger partial charge in [0.15, 0.2) is 0 Å². The van der Waals surface area contributed by atoms with Crippen LogP contribution in [0.4, 0.5) is 0 Å². The lowest BCUT2D eigenvalue weighted by Crippen LogP contribution is -2.33. The van der Waals surface area contributed by atoms with Gasteiger partial charge in [-0.1, -0.05) is 6.92 Å². The van der Waals surface area contributed by atoms with Crippen molar-refractivity contribution < 1.29 is 9.84 Å². The van der Waals surface area contributed by atoms with Gasteiger partial charge in [0.05, 0.1) is 12.7 Å². The van der Waals surface area contributed by atoms with E-state index in [0.29, 0.717) is 12.0 Å². The third-order valence-electron chi connectivity index (χ3n) is 3.18. The number of aryl methyl sites for hydroxylation is 1. The van der Waals surface area contributed by atoms with Gasteiger partial charge in [-0.2, -0.15) is 0 Å². The molecule has 2 N–H and O–H groups in total. The standard InChI is InChI=1S/C11H16N2O4/c1-6-3-9(17-8(6)5-14)13-4-7(2)10(15)12-11(13)16/h4,6,8-9,14H,3,5H2,1-2H3,(H,12,15,16)/t6?,8-,9-/m0/s1. The van der Waals surface area contributed by atoms with Crippen molar-refractivity contribution in [1.82, 2.24) is 9.55 Å². The molecule has 3 atom stereocenters. The summed E-state index contributed by atoms with van der Waals surface area (Å²) in [6, 6.07) is 0. The number of nitrogens with zero attached hydrogens (tertiary/aromatic N) is 1. The first-order chi connectivity index (χ1) is 8.02. The molecule has 1 unspecified atom stereocenters. The van der Waals surface area contributed by atoms with Crippen LogP contribution in [-0.2, 0) is 4.74 Å². The summed E-state index contributed by atoms with van der Waals surface area (Å²) in [5, 5.41) is 9.10. The molecule has 2 heterocycles. The Labute approximate surface area is 97.9 Å². The summed E-state index contributed by atoms with van der Waals surface area (Å²) >= 11 is 0. The summed E-state index contributed by atoms with van der Waals surface area (Å²) in [7, 11) is 0. The summed E-state index contributed by atoms with van der Waals surface area (Å²) in [6.45, 7) is 3.54. The van der Waals surface area contributed by atoms with E-state index in [1.54, 1.807) is 6.92 Å². The van der Waals surface area contributed by atoms with Crippen LogP contribution in [0.1, 0.15) is 25.1 Å². The van der Waals surface area contributed by atoms with Gasteiger partial charge < -0.3 is 9.84 Å². The van der Waals surface area contributed by atoms with Gasteiger partial charge in [-0.15, -0.1) is 0 Å². The largest absolute Gasteiger partial charge is 0.394 e. The maximum atomic E-state index is 11.6. The molecule has 6 heteroatoms. The zero-order valence-corrected chi connectivity index (χ0v) is 9.84. The van der Waals surface area contributed by atoms with Crippen molar-refractivity contribution in [3.05, 3.63) is 32.6 Å². The highest BCUT2D eigenvalue weighted by Gasteiger charge is 2.33. The number of aromatic nitrogens is 2. The highest BCUT2D eigenvalue weighted by molar-refractivity contribution is 5.01. The van der Waals surface area contributed by atoms with Gasteiger partial charge in [0.1, 0.15) is 6.23 Å². The van der Waals surface area contributed by atoms with E-state index in [0.717, 1.165) is 0 Å². The fourth-order valence-electron chi connectivity index (χ4n) is 2.06. The minimum absolute atomic E-state index is 0.0608. The van der Waals surface area contributed by atoms with Gasteiger partial charge in [-0.25, -0.2) is 4.79 Å². The van der Waals surface area contributed by atoms with Crippen molar-refractivity contribution >= 4 is 0 Å². The molecule has 94 valence electrons. The van der Waals surface area contributed by atoms with Gasteiger partial charge in [-0.05, 0) is 19.3 Å². The first-order valence-corrected chi connectivity index (χ1v) is 5.61. The van der Waals surface area contributed by atoms with Crippen molar-refractivity contribution in [2.45, 2.75) is 32.6 Å². The second-order valence-corrected chi connectivity index (χ2v) is 4.50. The highest BCUT2D eigenvalue weighted by atomic mass is 16.5. The number of hydrogen-bond donors (Lipinski definition) is 2. The highest BCUT2D eigenvalue weighted by Crippen LogP contribution is 2.31. The molecule has 0 bridgehead atoms. The fourth-order valence-corrected chi connectivity index (χ4v) is 2.06. The smallest absolute Gasteiger partial charge is 0.330 e. The number of aliphatic hydroxyl groups excluding tert-OH is 1. The van der Waals surface area contributed by atoms with E-state index < -0.39 is 11.9 Å². The molecule has 0 aliphatic carbocycles. The van der Waals surface area contributed by atoms with Crippen molar-refractivity contribution in [3.63, 3.8) is 0 Å². The Bertz CT molecular complexity index is 519. The molecule has 1 aromatic heterocycles. The van der Waals surface area contributed by atoms with E-state index in [1.807, 2.05) is 6.92 Å². The Kier molecular flexibility index (Phi) is 3.17. The third kappa shape index (κ3) is 2.18. The van der Waals surface area contributed by atoms with Crippen LogP contribution in [0.15, 0.2) is 15.8 Å². The second kappa shape index (κ2) is 4.46. The Morgan fingerprint density at radius 2 is 2.29 bits per heavy atom. The van der Waals surface area contributed by atoms with E-state index in [9.17, 15) is 9.59 Å². The van der Waals surface area contributed by atoms with Crippen molar-refractivity contribution in [3.8, 4) is 0 Å². The number of aromatic amines is 1. The predicted octanol–water partition coefficient (Wildman–Crippen LogP) is -0.239. The number of rotatable bonds is 2. The monoisotopic (exact) mass is 240 g/mol. The van der Waals surface area contributed by atoms with Gasteiger partial charge >= 0.3 is 5.69 Å². The minimum atomic E-state index is -0.476. The van der Waals surface area contributed by atoms with Crippen molar-refractivity contribution in [1.29, 1.82) is 0 Å². The number of hydrogen-bond acceptors (Lipinski definition) is 4. The molecular formula is C11H16N2O4. The van der Waals surface area contributed by atoms with Gasteiger partial charge in [0, 0.05) is 11.8 Å². The van der Waals surface area contributed by atoms with Gasteiger partial charge in [0.25, 0.3) is 5.56 Å². The quantitative estimate of drug-likeness (QED) is 0.747. The fraction of sp³-hybridized carbons (Fsp3) is 0.636. The molecule has 1 fully saturated rings. The Morgan fingerprint density at radius 3 is 2.88 bits per heavy atom. The van der Waals surface area contributed by atoms with Crippen LogP contribution < -0.4 is 11.2 Å². The summed E-state index contributed by atoms with van der Waals surface area (Å²) in [4.78, 5) is 25.1. The number of aliphatic hydroxyl groups is 1. The maximum absolute atomic E-state index is 11.6. The molecule has 1 aliphatic rings.